The summed E-state index contributed by atoms with van der Waals surface area (Å²) < 4.78 is 68.7. The van der Waals surface area contributed by atoms with Crippen molar-refractivity contribution in [2.45, 2.75) is 12.0 Å². The molecule has 1 saturated heterocycles. The van der Waals surface area contributed by atoms with Crippen molar-refractivity contribution in [3.63, 3.8) is 0 Å². The molecule has 8 heteroatoms. The Morgan fingerprint density at radius 2 is 1.67 bits per heavy atom. The summed E-state index contributed by atoms with van der Waals surface area (Å²) in [5.74, 6) is -7.70. The molecule has 1 aliphatic heterocycles. The van der Waals surface area contributed by atoms with Gasteiger partial charge >= 0.3 is 0 Å². The molecule has 2 rings (SSSR count). The lowest BCUT2D eigenvalue weighted by molar-refractivity contribution is -0.120. The number of alkyl halides is 2. The van der Waals surface area contributed by atoms with Crippen molar-refractivity contribution in [2.75, 3.05) is 32.8 Å². The minimum atomic E-state index is -3.75. The molecule has 1 atom stereocenters. The number of hydrogen-bond donors (Lipinski definition) is 2. The van der Waals surface area contributed by atoms with Crippen molar-refractivity contribution in [3.05, 3.63) is 35.1 Å². The maximum absolute atomic E-state index is 14.0. The van der Waals surface area contributed by atoms with Gasteiger partial charge < -0.3 is 10.4 Å². The second kappa shape index (κ2) is 6.25. The zero-order chi connectivity index (χ0) is 15.6. The fourth-order valence-corrected chi connectivity index (χ4v) is 2.50. The van der Waals surface area contributed by atoms with E-state index < -0.39 is 41.6 Å². The van der Waals surface area contributed by atoms with Gasteiger partial charge in [-0.2, -0.15) is 0 Å². The highest BCUT2D eigenvalue weighted by Crippen LogP contribution is 2.39. The number of nitrogens with one attached hydrogen (secondary N) is 1. The van der Waals surface area contributed by atoms with Crippen LogP contribution < -0.4 is 5.32 Å². The average molecular weight is 310 g/mol. The van der Waals surface area contributed by atoms with Crippen LogP contribution in [0.25, 0.3) is 0 Å². The number of halogens is 5. The van der Waals surface area contributed by atoms with E-state index in [1.807, 2.05) is 0 Å². The van der Waals surface area contributed by atoms with Gasteiger partial charge in [-0.3, -0.25) is 4.90 Å². The molecule has 0 unspecified atom stereocenters. The fourth-order valence-electron chi connectivity index (χ4n) is 2.50. The summed E-state index contributed by atoms with van der Waals surface area (Å²) in [5, 5.41) is 11.8. The third-order valence-corrected chi connectivity index (χ3v) is 3.44. The standard InChI is InChI=1S/C13H15F5N2O/c14-8-5-9(15)11(10(16)6-8)12(13(17,18)7-21)20-3-1-19-2-4-20/h5-6,12,19,21H,1-4,7H2/t12-/m0/s1. The second-order valence-electron chi connectivity index (χ2n) is 4.89. The Balaban J connectivity index is 2.49. The quantitative estimate of drug-likeness (QED) is 0.831. The highest BCUT2D eigenvalue weighted by molar-refractivity contribution is 5.26. The first-order valence-electron chi connectivity index (χ1n) is 6.44. The molecular weight excluding hydrogens is 295 g/mol. The number of piperazine rings is 1. The van der Waals surface area contributed by atoms with Gasteiger partial charge in [-0.25, -0.2) is 22.0 Å². The Morgan fingerprint density at radius 3 is 2.14 bits per heavy atom. The SMILES string of the molecule is OCC(F)(F)[C@H](c1c(F)cc(F)cc1F)N1CCNCC1. The van der Waals surface area contributed by atoms with Gasteiger partial charge in [-0.05, 0) is 0 Å². The number of rotatable bonds is 4. The summed E-state index contributed by atoms with van der Waals surface area (Å²) in [5.41, 5.74) is -0.919. The summed E-state index contributed by atoms with van der Waals surface area (Å²) in [6.07, 6.45) is 0. The first kappa shape index (κ1) is 16.1. The molecule has 21 heavy (non-hydrogen) atoms. The summed E-state index contributed by atoms with van der Waals surface area (Å²) in [7, 11) is 0. The highest BCUT2D eigenvalue weighted by atomic mass is 19.3. The van der Waals surface area contributed by atoms with Gasteiger partial charge in [-0.1, -0.05) is 0 Å². The van der Waals surface area contributed by atoms with Gasteiger partial charge in [0.15, 0.2) is 0 Å². The first-order chi connectivity index (χ1) is 9.86. The Labute approximate surface area is 118 Å². The molecule has 0 radical (unpaired) electrons. The van der Waals surface area contributed by atoms with E-state index in [0.717, 1.165) is 0 Å². The van der Waals surface area contributed by atoms with Crippen molar-refractivity contribution in [3.8, 4) is 0 Å². The van der Waals surface area contributed by atoms with E-state index in [4.69, 9.17) is 5.11 Å². The summed E-state index contributed by atoms with van der Waals surface area (Å²) >= 11 is 0. The molecule has 1 aliphatic rings. The molecule has 0 spiro atoms. The monoisotopic (exact) mass is 310 g/mol. The summed E-state index contributed by atoms with van der Waals surface area (Å²) in [6, 6.07) is -1.26. The van der Waals surface area contributed by atoms with E-state index in [9.17, 15) is 22.0 Å². The Kier molecular flexibility index (Phi) is 4.80. The molecule has 118 valence electrons. The van der Waals surface area contributed by atoms with Crippen LogP contribution in [0.3, 0.4) is 0 Å². The summed E-state index contributed by atoms with van der Waals surface area (Å²) in [4.78, 5) is 1.19. The second-order valence-corrected chi connectivity index (χ2v) is 4.89. The number of nitrogens with zero attached hydrogens (tertiary/aromatic N) is 1. The van der Waals surface area contributed by atoms with Crippen LogP contribution in [-0.2, 0) is 0 Å². The van der Waals surface area contributed by atoms with E-state index in [1.165, 1.54) is 4.90 Å². The smallest absolute Gasteiger partial charge is 0.290 e. The summed E-state index contributed by atoms with van der Waals surface area (Å²) in [6.45, 7) is -0.532. The van der Waals surface area contributed by atoms with Crippen molar-refractivity contribution in [1.82, 2.24) is 10.2 Å². The van der Waals surface area contributed by atoms with E-state index in [2.05, 4.69) is 5.32 Å². The van der Waals surface area contributed by atoms with E-state index in [1.54, 1.807) is 0 Å². The largest absolute Gasteiger partial charge is 0.390 e. The van der Waals surface area contributed by atoms with E-state index >= 15 is 0 Å². The third kappa shape index (κ3) is 3.33. The van der Waals surface area contributed by atoms with Gasteiger partial charge in [-0.15, -0.1) is 0 Å². The molecule has 0 saturated carbocycles. The number of aliphatic hydroxyl groups excluding tert-OH is 1. The van der Waals surface area contributed by atoms with E-state index in [-0.39, 0.29) is 13.1 Å². The normalized spacial score (nSPS) is 18.8. The predicted octanol–water partition coefficient (Wildman–Crippen LogP) is 1.68. The van der Waals surface area contributed by atoms with Crippen LogP contribution in [0.15, 0.2) is 12.1 Å². The number of aliphatic hydroxyl groups is 1. The Hall–Kier alpha value is -1.25. The molecule has 0 amide bonds. The fraction of sp³-hybridized carbons (Fsp3) is 0.538. The van der Waals surface area contributed by atoms with Gasteiger partial charge in [0.25, 0.3) is 5.92 Å². The van der Waals surface area contributed by atoms with Crippen LogP contribution >= 0.6 is 0 Å². The molecule has 2 N–H and O–H groups in total. The van der Waals surface area contributed by atoms with E-state index in [0.29, 0.717) is 25.2 Å². The minimum absolute atomic E-state index is 0.135. The van der Waals surface area contributed by atoms with Crippen molar-refractivity contribution >= 4 is 0 Å². The molecule has 1 heterocycles. The Bertz CT molecular complexity index is 482. The van der Waals surface area contributed by atoms with Crippen molar-refractivity contribution in [1.29, 1.82) is 0 Å². The van der Waals surface area contributed by atoms with Crippen LogP contribution in [0.1, 0.15) is 11.6 Å². The minimum Gasteiger partial charge on any atom is -0.390 e. The highest BCUT2D eigenvalue weighted by Gasteiger charge is 2.46. The lowest BCUT2D eigenvalue weighted by Crippen LogP contribution is -2.51. The number of benzene rings is 1. The zero-order valence-electron chi connectivity index (χ0n) is 11.1. The van der Waals surface area contributed by atoms with Crippen molar-refractivity contribution < 1.29 is 27.1 Å². The molecule has 0 aliphatic carbocycles. The molecule has 3 nitrogen and oxygen atoms in total. The predicted molar refractivity (Wildman–Crippen MR) is 65.5 cm³/mol. The topological polar surface area (TPSA) is 35.5 Å². The van der Waals surface area contributed by atoms with Gasteiger partial charge in [0.1, 0.15) is 30.1 Å². The van der Waals surface area contributed by atoms with Crippen LogP contribution in [0.4, 0.5) is 22.0 Å². The first-order valence-corrected chi connectivity index (χ1v) is 6.44. The van der Waals surface area contributed by atoms with Crippen LogP contribution in [0.5, 0.6) is 0 Å². The molecular formula is C13H15F5N2O. The van der Waals surface area contributed by atoms with Gasteiger partial charge in [0, 0.05) is 43.9 Å². The van der Waals surface area contributed by atoms with Gasteiger partial charge in [0.2, 0.25) is 0 Å². The molecule has 1 aromatic rings. The van der Waals surface area contributed by atoms with Crippen molar-refractivity contribution in [2.24, 2.45) is 0 Å². The molecule has 1 fully saturated rings. The maximum Gasteiger partial charge on any atom is 0.290 e. The average Bonchev–Trinajstić information content (AvgIpc) is 2.43. The molecule has 1 aromatic carbocycles. The lowest BCUT2D eigenvalue weighted by Gasteiger charge is -2.38. The Morgan fingerprint density at radius 1 is 1.14 bits per heavy atom. The van der Waals surface area contributed by atoms with Crippen LogP contribution in [0, 0.1) is 17.5 Å². The number of hydrogen-bond acceptors (Lipinski definition) is 3. The lowest BCUT2D eigenvalue weighted by atomic mass is 9.97. The van der Waals surface area contributed by atoms with Crippen LogP contribution in [-0.4, -0.2) is 48.7 Å². The van der Waals surface area contributed by atoms with Crippen LogP contribution in [0.2, 0.25) is 0 Å². The van der Waals surface area contributed by atoms with Gasteiger partial charge in [0.05, 0.1) is 0 Å². The third-order valence-electron chi connectivity index (χ3n) is 3.44. The maximum atomic E-state index is 14.0. The molecule has 0 aromatic heterocycles. The molecule has 0 bridgehead atoms. The zero-order valence-corrected chi connectivity index (χ0v) is 11.1.